The highest BCUT2D eigenvalue weighted by Crippen LogP contribution is 2.32. The van der Waals surface area contributed by atoms with Gasteiger partial charge in [-0.15, -0.1) is 0 Å². The summed E-state index contributed by atoms with van der Waals surface area (Å²) in [7, 11) is 1.69. The monoisotopic (exact) mass is 396 g/mol. The van der Waals surface area contributed by atoms with Crippen LogP contribution in [0.5, 0.6) is 11.5 Å². The molecule has 0 unspecified atom stereocenters. The highest BCUT2D eigenvalue weighted by molar-refractivity contribution is 5.79. The quantitative estimate of drug-likeness (QED) is 0.500. The number of aliphatic imine (C=N–C) groups is 1. The summed E-state index contributed by atoms with van der Waals surface area (Å²) in [4.78, 5) is 9.05. The van der Waals surface area contributed by atoms with Gasteiger partial charge in [0.15, 0.2) is 17.5 Å². The first kappa shape index (κ1) is 21.0. The van der Waals surface area contributed by atoms with Crippen LogP contribution in [0.25, 0.3) is 0 Å². The lowest BCUT2D eigenvalue weighted by molar-refractivity contribution is 0.200. The Hall–Kier alpha value is -2.76. The molecule has 6 nitrogen and oxygen atoms in total. The number of nitrogens with zero attached hydrogens (tertiary/aromatic N) is 2. The summed E-state index contributed by atoms with van der Waals surface area (Å²) in [5.41, 5.74) is 2.15. The topological polar surface area (TPSA) is 67.8 Å². The number of guanidine groups is 1. The molecule has 0 atom stereocenters. The Labute approximate surface area is 173 Å². The van der Waals surface area contributed by atoms with Crippen LogP contribution in [0.15, 0.2) is 47.6 Å². The fraction of sp³-hybridized carbons (Fsp3) is 0.478. The van der Waals surface area contributed by atoms with Crippen LogP contribution in [0.4, 0.5) is 0 Å². The van der Waals surface area contributed by atoms with E-state index in [1.54, 1.807) is 7.11 Å². The summed E-state index contributed by atoms with van der Waals surface area (Å²) in [5, 5.41) is 6.66. The van der Waals surface area contributed by atoms with Gasteiger partial charge in [0.25, 0.3) is 0 Å². The summed E-state index contributed by atoms with van der Waals surface area (Å²) in [6, 6.07) is 12.1. The predicted molar refractivity (Wildman–Crippen MR) is 117 cm³/mol. The van der Waals surface area contributed by atoms with Crippen molar-refractivity contribution in [2.45, 2.75) is 51.7 Å². The number of benzene rings is 1. The van der Waals surface area contributed by atoms with Crippen LogP contribution in [0.2, 0.25) is 0 Å². The Kier molecular flexibility index (Phi) is 8.16. The van der Waals surface area contributed by atoms with Crippen molar-refractivity contribution < 1.29 is 9.47 Å². The second-order valence-electron chi connectivity index (χ2n) is 7.20. The van der Waals surface area contributed by atoms with E-state index in [1.807, 2.05) is 36.5 Å². The van der Waals surface area contributed by atoms with Gasteiger partial charge in [0.1, 0.15) is 0 Å². The number of ether oxygens (including phenoxy) is 2. The zero-order chi connectivity index (χ0) is 20.3. The maximum absolute atomic E-state index is 6.12. The molecule has 1 aliphatic carbocycles. The molecule has 29 heavy (non-hydrogen) atoms. The average molecular weight is 397 g/mol. The van der Waals surface area contributed by atoms with Gasteiger partial charge in [0.05, 0.1) is 19.8 Å². The molecule has 0 spiro atoms. The first-order valence-electron chi connectivity index (χ1n) is 10.5. The van der Waals surface area contributed by atoms with E-state index in [1.165, 1.54) is 12.8 Å². The minimum atomic E-state index is 0.316. The van der Waals surface area contributed by atoms with Crippen LogP contribution in [0.1, 0.15) is 43.9 Å². The molecule has 1 saturated carbocycles. The zero-order valence-electron chi connectivity index (χ0n) is 17.5. The Bertz CT molecular complexity index is 774. The molecule has 3 rings (SSSR count). The van der Waals surface area contributed by atoms with Crippen molar-refractivity contribution in [1.29, 1.82) is 0 Å². The van der Waals surface area contributed by atoms with E-state index in [0.717, 1.165) is 61.1 Å². The molecule has 0 saturated heterocycles. The van der Waals surface area contributed by atoms with Crippen LogP contribution in [-0.2, 0) is 13.0 Å². The van der Waals surface area contributed by atoms with Crippen molar-refractivity contribution in [3.8, 4) is 11.5 Å². The van der Waals surface area contributed by atoms with Crippen LogP contribution >= 0.6 is 0 Å². The summed E-state index contributed by atoms with van der Waals surface area (Å²) in [5.74, 6) is 2.40. The minimum absolute atomic E-state index is 0.316. The fourth-order valence-corrected chi connectivity index (χ4v) is 3.46. The lowest BCUT2D eigenvalue weighted by Crippen LogP contribution is -2.38. The molecule has 0 bridgehead atoms. The van der Waals surface area contributed by atoms with Crippen LogP contribution < -0.4 is 20.1 Å². The van der Waals surface area contributed by atoms with Gasteiger partial charge in [-0.1, -0.05) is 12.1 Å². The Morgan fingerprint density at radius 3 is 2.72 bits per heavy atom. The molecule has 1 aromatic heterocycles. The molecule has 1 heterocycles. The molecule has 156 valence electrons. The number of nitrogens with one attached hydrogen (secondary N) is 2. The van der Waals surface area contributed by atoms with Crippen molar-refractivity contribution in [3.05, 3.63) is 53.9 Å². The third-order valence-corrected chi connectivity index (χ3v) is 4.99. The van der Waals surface area contributed by atoms with Crippen molar-refractivity contribution in [2.75, 3.05) is 20.2 Å². The number of aromatic nitrogens is 1. The minimum Gasteiger partial charge on any atom is -0.493 e. The van der Waals surface area contributed by atoms with Crippen LogP contribution in [0, 0.1) is 0 Å². The molecule has 1 aromatic carbocycles. The van der Waals surface area contributed by atoms with E-state index in [-0.39, 0.29) is 0 Å². The molecule has 0 aliphatic heterocycles. The molecule has 1 fully saturated rings. The van der Waals surface area contributed by atoms with Crippen molar-refractivity contribution in [3.63, 3.8) is 0 Å². The molecule has 2 aromatic rings. The third kappa shape index (κ3) is 6.66. The van der Waals surface area contributed by atoms with Crippen molar-refractivity contribution in [1.82, 2.24) is 15.6 Å². The Morgan fingerprint density at radius 1 is 1.14 bits per heavy atom. The predicted octanol–water partition coefficient (Wildman–Crippen LogP) is 3.71. The Balaban J connectivity index is 1.57. The van der Waals surface area contributed by atoms with E-state index >= 15 is 0 Å². The normalized spacial score (nSPS) is 14.6. The summed E-state index contributed by atoms with van der Waals surface area (Å²) in [6.45, 7) is 4.22. The maximum Gasteiger partial charge on any atom is 0.191 e. The van der Waals surface area contributed by atoms with E-state index in [2.05, 4.69) is 28.6 Å². The van der Waals surface area contributed by atoms with E-state index in [9.17, 15) is 0 Å². The standard InChI is InChI=1S/C23H32N4O2/c1-3-24-23(26-15-13-19-8-6-7-14-25-19)27-17-18-11-12-21(22(16-18)28-2)29-20-9-4-5-10-20/h6-8,11-12,14,16,20H,3-5,9-10,13,15,17H2,1-2H3,(H2,24,26,27). The second kappa shape index (κ2) is 11.3. The molecule has 6 heteroatoms. The first-order chi connectivity index (χ1) is 14.3. The molecular weight excluding hydrogens is 364 g/mol. The summed E-state index contributed by atoms with van der Waals surface area (Å²) < 4.78 is 11.7. The van der Waals surface area contributed by atoms with Gasteiger partial charge in [-0.25, -0.2) is 4.99 Å². The maximum atomic E-state index is 6.12. The number of hydrogen-bond acceptors (Lipinski definition) is 4. The van der Waals surface area contributed by atoms with Gasteiger partial charge < -0.3 is 20.1 Å². The SMILES string of the molecule is CCNC(=NCc1ccc(OC2CCCC2)c(OC)c1)NCCc1ccccn1. The number of hydrogen-bond donors (Lipinski definition) is 2. The van der Waals surface area contributed by atoms with Crippen molar-refractivity contribution in [2.24, 2.45) is 4.99 Å². The highest BCUT2D eigenvalue weighted by atomic mass is 16.5. The first-order valence-corrected chi connectivity index (χ1v) is 10.5. The van der Waals surface area contributed by atoms with Crippen LogP contribution in [-0.4, -0.2) is 37.2 Å². The fourth-order valence-electron chi connectivity index (χ4n) is 3.46. The van der Waals surface area contributed by atoms with Crippen LogP contribution in [0.3, 0.4) is 0 Å². The van der Waals surface area contributed by atoms with E-state index < -0.39 is 0 Å². The van der Waals surface area contributed by atoms with Gasteiger partial charge >= 0.3 is 0 Å². The highest BCUT2D eigenvalue weighted by Gasteiger charge is 2.18. The number of methoxy groups -OCH3 is 1. The summed E-state index contributed by atoms with van der Waals surface area (Å²) in [6.07, 6.45) is 7.75. The lowest BCUT2D eigenvalue weighted by Gasteiger charge is -2.16. The molecule has 1 aliphatic rings. The summed E-state index contributed by atoms with van der Waals surface area (Å²) >= 11 is 0. The van der Waals surface area contributed by atoms with Crippen molar-refractivity contribution >= 4 is 5.96 Å². The molecular formula is C23H32N4O2. The largest absolute Gasteiger partial charge is 0.493 e. The number of rotatable bonds is 9. The molecule has 2 N–H and O–H groups in total. The average Bonchev–Trinajstić information content (AvgIpc) is 3.26. The third-order valence-electron chi connectivity index (χ3n) is 4.99. The molecule has 0 radical (unpaired) electrons. The van der Waals surface area contributed by atoms with Gasteiger partial charge in [-0.3, -0.25) is 4.98 Å². The zero-order valence-corrected chi connectivity index (χ0v) is 17.5. The second-order valence-corrected chi connectivity index (χ2v) is 7.20. The Morgan fingerprint density at radius 2 is 2.00 bits per heavy atom. The van der Waals surface area contributed by atoms with E-state index in [4.69, 9.17) is 14.5 Å². The van der Waals surface area contributed by atoms with Gasteiger partial charge in [-0.2, -0.15) is 0 Å². The lowest BCUT2D eigenvalue weighted by atomic mass is 10.2. The van der Waals surface area contributed by atoms with E-state index in [0.29, 0.717) is 12.6 Å². The van der Waals surface area contributed by atoms with Gasteiger partial charge in [0.2, 0.25) is 0 Å². The smallest absolute Gasteiger partial charge is 0.191 e. The molecule has 0 amide bonds. The number of pyridine rings is 1. The van der Waals surface area contributed by atoms with Gasteiger partial charge in [-0.05, 0) is 62.4 Å². The van der Waals surface area contributed by atoms with Gasteiger partial charge in [0, 0.05) is 31.4 Å².